The first-order valence-electron chi connectivity index (χ1n) is 6.94. The second-order valence-electron chi connectivity index (χ2n) is 5.06. The quantitative estimate of drug-likeness (QED) is 0.762. The van der Waals surface area contributed by atoms with Crippen LogP contribution in [0.15, 0.2) is 47.1 Å². The zero-order valence-corrected chi connectivity index (χ0v) is 12.2. The third-order valence-electron chi connectivity index (χ3n) is 3.77. The fourth-order valence-electron chi connectivity index (χ4n) is 2.87. The van der Waals surface area contributed by atoms with Crippen molar-refractivity contribution in [2.45, 2.75) is 12.5 Å². The zero-order valence-electron chi connectivity index (χ0n) is 11.4. The summed E-state index contributed by atoms with van der Waals surface area (Å²) in [6, 6.07) is 12.4. The SMILES string of the molecule is Nc1nc2c(s1)[C@@H](c1ccccc1-c1ccco1)NCC2. The molecular formula is C16H15N3OS. The molecule has 1 aliphatic rings. The van der Waals surface area contributed by atoms with E-state index < -0.39 is 0 Å². The molecule has 3 N–H and O–H groups in total. The smallest absolute Gasteiger partial charge is 0.180 e. The highest BCUT2D eigenvalue weighted by molar-refractivity contribution is 7.15. The summed E-state index contributed by atoms with van der Waals surface area (Å²) in [5, 5.41) is 4.22. The Morgan fingerprint density at radius 2 is 2.14 bits per heavy atom. The second kappa shape index (κ2) is 5.02. The maximum atomic E-state index is 5.89. The molecule has 0 unspecified atom stereocenters. The van der Waals surface area contributed by atoms with E-state index in [2.05, 4.69) is 28.5 Å². The van der Waals surface area contributed by atoms with Gasteiger partial charge in [0.1, 0.15) is 5.76 Å². The van der Waals surface area contributed by atoms with E-state index in [0.717, 1.165) is 30.0 Å². The number of fused-ring (bicyclic) bond motifs is 1. The number of nitrogen functional groups attached to an aromatic ring is 1. The molecule has 0 saturated carbocycles. The van der Waals surface area contributed by atoms with Gasteiger partial charge in [-0.1, -0.05) is 24.3 Å². The number of anilines is 1. The number of nitrogens with two attached hydrogens (primary N) is 1. The standard InChI is InChI=1S/C16H15N3OS/c17-16-19-12-7-8-18-14(15(12)21-16)11-5-2-1-4-10(11)13-6-3-9-20-13/h1-6,9,14,18H,7-8H2,(H2,17,19)/t14-/m1/s1. The van der Waals surface area contributed by atoms with Gasteiger partial charge in [-0.3, -0.25) is 0 Å². The molecule has 0 spiro atoms. The molecular weight excluding hydrogens is 282 g/mol. The Kier molecular flexibility index (Phi) is 3.02. The average Bonchev–Trinajstić information content (AvgIpc) is 3.15. The first-order chi connectivity index (χ1) is 10.3. The number of nitrogens with zero attached hydrogens (tertiary/aromatic N) is 1. The fraction of sp³-hybridized carbons (Fsp3) is 0.188. The van der Waals surface area contributed by atoms with E-state index >= 15 is 0 Å². The van der Waals surface area contributed by atoms with E-state index in [1.54, 1.807) is 17.6 Å². The van der Waals surface area contributed by atoms with Gasteiger partial charge in [-0.15, -0.1) is 11.3 Å². The minimum absolute atomic E-state index is 0.129. The monoisotopic (exact) mass is 297 g/mol. The molecule has 21 heavy (non-hydrogen) atoms. The van der Waals surface area contributed by atoms with Crippen LogP contribution in [0.1, 0.15) is 22.2 Å². The molecule has 0 amide bonds. The maximum absolute atomic E-state index is 5.89. The molecule has 0 aliphatic carbocycles. The van der Waals surface area contributed by atoms with E-state index in [0.29, 0.717) is 5.13 Å². The highest BCUT2D eigenvalue weighted by Crippen LogP contribution is 2.38. The molecule has 4 nitrogen and oxygen atoms in total. The van der Waals surface area contributed by atoms with E-state index in [1.165, 1.54) is 10.4 Å². The van der Waals surface area contributed by atoms with Crippen molar-refractivity contribution in [2.24, 2.45) is 0 Å². The Balaban J connectivity index is 1.85. The van der Waals surface area contributed by atoms with Gasteiger partial charge in [-0.05, 0) is 17.7 Å². The highest BCUT2D eigenvalue weighted by Gasteiger charge is 2.27. The van der Waals surface area contributed by atoms with Gasteiger partial charge in [-0.2, -0.15) is 0 Å². The fourth-order valence-corrected chi connectivity index (χ4v) is 3.85. The normalized spacial score (nSPS) is 17.6. The summed E-state index contributed by atoms with van der Waals surface area (Å²) in [7, 11) is 0. The predicted molar refractivity (Wildman–Crippen MR) is 84.2 cm³/mol. The number of thiazole rings is 1. The Hall–Kier alpha value is -2.11. The van der Waals surface area contributed by atoms with Crippen LogP contribution in [0.2, 0.25) is 0 Å². The number of hydrogen-bond donors (Lipinski definition) is 2. The first-order valence-corrected chi connectivity index (χ1v) is 7.76. The lowest BCUT2D eigenvalue weighted by Gasteiger charge is -2.25. The number of benzene rings is 1. The number of furan rings is 1. The molecule has 3 aromatic rings. The van der Waals surface area contributed by atoms with Gasteiger partial charge < -0.3 is 15.5 Å². The lowest BCUT2D eigenvalue weighted by Crippen LogP contribution is -2.30. The topological polar surface area (TPSA) is 64.1 Å². The molecule has 3 heterocycles. The molecule has 1 aromatic carbocycles. The molecule has 0 radical (unpaired) electrons. The maximum Gasteiger partial charge on any atom is 0.180 e. The molecule has 0 bridgehead atoms. The van der Waals surface area contributed by atoms with E-state index in [9.17, 15) is 0 Å². The van der Waals surface area contributed by atoms with Crippen LogP contribution in [0.25, 0.3) is 11.3 Å². The van der Waals surface area contributed by atoms with Crippen LogP contribution < -0.4 is 11.1 Å². The van der Waals surface area contributed by atoms with Crippen molar-refractivity contribution in [2.75, 3.05) is 12.3 Å². The molecule has 0 saturated heterocycles. The van der Waals surface area contributed by atoms with Crippen LogP contribution in [-0.2, 0) is 6.42 Å². The highest BCUT2D eigenvalue weighted by atomic mass is 32.1. The van der Waals surface area contributed by atoms with Crippen molar-refractivity contribution in [3.05, 3.63) is 58.8 Å². The number of nitrogens with one attached hydrogen (secondary N) is 1. The summed E-state index contributed by atoms with van der Waals surface area (Å²) in [4.78, 5) is 5.67. The van der Waals surface area contributed by atoms with Gasteiger partial charge in [0.05, 0.1) is 22.9 Å². The van der Waals surface area contributed by atoms with Gasteiger partial charge >= 0.3 is 0 Å². The minimum Gasteiger partial charge on any atom is -0.464 e. The Bertz CT molecular complexity index is 764. The molecule has 2 aromatic heterocycles. The van der Waals surface area contributed by atoms with Gasteiger partial charge in [0.25, 0.3) is 0 Å². The van der Waals surface area contributed by atoms with E-state index in [4.69, 9.17) is 10.2 Å². The van der Waals surface area contributed by atoms with Gasteiger partial charge in [0, 0.05) is 18.5 Å². The Morgan fingerprint density at radius 3 is 3.00 bits per heavy atom. The summed E-state index contributed by atoms with van der Waals surface area (Å²) in [6.07, 6.45) is 2.64. The number of rotatable bonds is 2. The second-order valence-corrected chi connectivity index (χ2v) is 6.13. The van der Waals surface area contributed by atoms with Crippen molar-refractivity contribution in [3.8, 4) is 11.3 Å². The molecule has 1 atom stereocenters. The molecule has 0 fully saturated rings. The van der Waals surface area contributed by atoms with Crippen molar-refractivity contribution in [1.29, 1.82) is 0 Å². The summed E-state index contributed by atoms with van der Waals surface area (Å²) in [6.45, 7) is 0.910. The average molecular weight is 297 g/mol. The molecule has 4 rings (SSSR count). The summed E-state index contributed by atoms with van der Waals surface area (Å²) < 4.78 is 5.58. The first kappa shape index (κ1) is 12.6. The van der Waals surface area contributed by atoms with Gasteiger partial charge in [0.2, 0.25) is 0 Å². The predicted octanol–water partition coefficient (Wildman–Crippen LogP) is 3.22. The summed E-state index contributed by atoms with van der Waals surface area (Å²) in [5.74, 6) is 0.886. The minimum atomic E-state index is 0.129. The summed E-state index contributed by atoms with van der Waals surface area (Å²) in [5.41, 5.74) is 9.33. The van der Waals surface area contributed by atoms with E-state index in [-0.39, 0.29) is 6.04 Å². The zero-order chi connectivity index (χ0) is 14.2. The van der Waals surface area contributed by atoms with Crippen molar-refractivity contribution in [1.82, 2.24) is 10.3 Å². The van der Waals surface area contributed by atoms with Crippen LogP contribution >= 0.6 is 11.3 Å². The van der Waals surface area contributed by atoms with Crippen LogP contribution in [0, 0.1) is 0 Å². The number of hydrogen-bond acceptors (Lipinski definition) is 5. The van der Waals surface area contributed by atoms with E-state index in [1.807, 2.05) is 18.2 Å². The Morgan fingerprint density at radius 1 is 1.24 bits per heavy atom. The molecule has 5 heteroatoms. The van der Waals surface area contributed by atoms with Crippen LogP contribution in [0.3, 0.4) is 0 Å². The van der Waals surface area contributed by atoms with Crippen molar-refractivity contribution >= 4 is 16.5 Å². The van der Waals surface area contributed by atoms with Crippen molar-refractivity contribution < 1.29 is 4.42 Å². The van der Waals surface area contributed by atoms with Crippen LogP contribution in [-0.4, -0.2) is 11.5 Å². The number of aromatic nitrogens is 1. The third kappa shape index (κ3) is 2.14. The lowest BCUT2D eigenvalue weighted by atomic mass is 9.94. The lowest BCUT2D eigenvalue weighted by molar-refractivity contribution is 0.562. The van der Waals surface area contributed by atoms with Gasteiger partial charge in [0.15, 0.2) is 5.13 Å². The largest absolute Gasteiger partial charge is 0.464 e. The Labute approximate surface area is 126 Å². The van der Waals surface area contributed by atoms with Crippen molar-refractivity contribution in [3.63, 3.8) is 0 Å². The van der Waals surface area contributed by atoms with Crippen LogP contribution in [0.4, 0.5) is 5.13 Å². The van der Waals surface area contributed by atoms with Gasteiger partial charge in [-0.25, -0.2) is 4.98 Å². The summed E-state index contributed by atoms with van der Waals surface area (Å²) >= 11 is 1.57. The third-order valence-corrected chi connectivity index (χ3v) is 4.77. The molecule has 106 valence electrons. The molecule has 1 aliphatic heterocycles. The van der Waals surface area contributed by atoms with Crippen LogP contribution in [0.5, 0.6) is 0 Å².